The normalized spacial score (nSPS) is 11.4. The van der Waals surface area contributed by atoms with E-state index in [0.29, 0.717) is 16.9 Å². The van der Waals surface area contributed by atoms with Crippen LogP contribution in [0.15, 0.2) is 6.07 Å². The highest BCUT2D eigenvalue weighted by Crippen LogP contribution is 2.36. The van der Waals surface area contributed by atoms with E-state index < -0.39 is 11.4 Å². The Balaban J connectivity index is 3.27. The van der Waals surface area contributed by atoms with E-state index in [2.05, 4.69) is 0 Å². The van der Waals surface area contributed by atoms with Crippen molar-refractivity contribution < 1.29 is 19.7 Å². The number of methoxy groups -OCH3 is 1. The van der Waals surface area contributed by atoms with Gasteiger partial charge in [0.05, 0.1) is 12.5 Å². The number of phenolic OH excluding ortho intramolecular Hbond substituents is 1. The average Bonchev–Trinajstić information content (AvgIpc) is 2.29. The fourth-order valence-electron chi connectivity index (χ4n) is 1.87. The standard InChI is InChI=1S/C14H20O4/c1-8-6-11(18-5)9(2)12(15)10(8)7-14(3,4)13(16)17/h6,15H,7H2,1-5H3,(H,16,17). The molecule has 1 aromatic rings. The lowest BCUT2D eigenvalue weighted by Crippen LogP contribution is -2.26. The van der Waals surface area contributed by atoms with Gasteiger partial charge in [0.1, 0.15) is 11.5 Å². The number of aromatic hydroxyl groups is 1. The summed E-state index contributed by atoms with van der Waals surface area (Å²) in [6, 6.07) is 1.82. The van der Waals surface area contributed by atoms with Crippen LogP contribution in [0.25, 0.3) is 0 Å². The molecule has 100 valence electrons. The van der Waals surface area contributed by atoms with Crippen LogP contribution in [-0.2, 0) is 11.2 Å². The molecule has 0 heterocycles. The number of carboxylic acids is 1. The molecule has 0 aromatic heterocycles. The Morgan fingerprint density at radius 3 is 2.39 bits per heavy atom. The van der Waals surface area contributed by atoms with Crippen molar-refractivity contribution in [1.29, 1.82) is 0 Å². The molecule has 1 rings (SSSR count). The van der Waals surface area contributed by atoms with Crippen LogP contribution in [0.2, 0.25) is 0 Å². The van der Waals surface area contributed by atoms with E-state index in [0.717, 1.165) is 5.56 Å². The third-order valence-corrected chi connectivity index (χ3v) is 3.25. The second-order valence-corrected chi connectivity index (χ2v) is 5.21. The summed E-state index contributed by atoms with van der Waals surface area (Å²) in [5, 5.41) is 19.3. The molecule has 0 atom stereocenters. The molecule has 0 saturated carbocycles. The zero-order valence-electron chi connectivity index (χ0n) is 11.5. The summed E-state index contributed by atoms with van der Waals surface area (Å²) in [4.78, 5) is 11.1. The first-order chi connectivity index (χ1) is 8.20. The molecule has 0 aliphatic carbocycles. The summed E-state index contributed by atoms with van der Waals surface area (Å²) in [5.41, 5.74) is 1.23. The number of aliphatic carboxylic acids is 1. The molecule has 0 fully saturated rings. The molecular weight excluding hydrogens is 232 g/mol. The van der Waals surface area contributed by atoms with Crippen molar-refractivity contribution in [1.82, 2.24) is 0 Å². The highest BCUT2D eigenvalue weighted by Gasteiger charge is 2.30. The maximum Gasteiger partial charge on any atom is 0.309 e. The highest BCUT2D eigenvalue weighted by atomic mass is 16.5. The Morgan fingerprint density at radius 2 is 1.94 bits per heavy atom. The van der Waals surface area contributed by atoms with Gasteiger partial charge < -0.3 is 14.9 Å². The van der Waals surface area contributed by atoms with Crippen LogP contribution < -0.4 is 4.74 Å². The van der Waals surface area contributed by atoms with E-state index in [4.69, 9.17) is 9.84 Å². The van der Waals surface area contributed by atoms with Crippen molar-refractivity contribution >= 4 is 5.97 Å². The molecule has 0 saturated heterocycles. The van der Waals surface area contributed by atoms with Crippen LogP contribution in [0.3, 0.4) is 0 Å². The lowest BCUT2D eigenvalue weighted by molar-refractivity contribution is -0.146. The van der Waals surface area contributed by atoms with Crippen molar-refractivity contribution in [2.24, 2.45) is 5.41 Å². The van der Waals surface area contributed by atoms with Crippen LogP contribution in [0.1, 0.15) is 30.5 Å². The van der Waals surface area contributed by atoms with E-state index in [-0.39, 0.29) is 12.2 Å². The first-order valence-electron chi connectivity index (χ1n) is 5.80. The minimum atomic E-state index is -0.913. The van der Waals surface area contributed by atoms with E-state index in [9.17, 15) is 9.90 Å². The first kappa shape index (κ1) is 14.4. The van der Waals surface area contributed by atoms with Gasteiger partial charge in [0.25, 0.3) is 0 Å². The molecule has 4 heteroatoms. The van der Waals surface area contributed by atoms with Crippen LogP contribution in [-0.4, -0.2) is 23.3 Å². The monoisotopic (exact) mass is 252 g/mol. The maximum absolute atomic E-state index is 11.1. The van der Waals surface area contributed by atoms with Gasteiger partial charge in [0.2, 0.25) is 0 Å². The minimum absolute atomic E-state index is 0.126. The zero-order chi connectivity index (χ0) is 14.1. The fraction of sp³-hybridized carbons (Fsp3) is 0.500. The fourth-order valence-corrected chi connectivity index (χ4v) is 1.87. The lowest BCUT2D eigenvalue weighted by Gasteiger charge is -2.22. The molecular formula is C14H20O4. The van der Waals surface area contributed by atoms with E-state index in [1.165, 1.54) is 0 Å². The van der Waals surface area contributed by atoms with E-state index in [1.807, 2.05) is 13.0 Å². The number of carbonyl (C=O) groups is 1. The molecule has 0 unspecified atom stereocenters. The number of hydrogen-bond donors (Lipinski definition) is 2. The molecule has 0 spiro atoms. The Labute approximate surface area is 107 Å². The van der Waals surface area contributed by atoms with Gasteiger partial charge in [-0.3, -0.25) is 4.79 Å². The molecule has 1 aromatic carbocycles. The van der Waals surface area contributed by atoms with Gasteiger partial charge >= 0.3 is 5.97 Å². The molecule has 0 amide bonds. The summed E-state index contributed by atoms with van der Waals surface area (Å²) in [7, 11) is 1.54. The molecule has 0 aliphatic heterocycles. The van der Waals surface area contributed by atoms with Gasteiger partial charge in [-0.2, -0.15) is 0 Å². The third kappa shape index (κ3) is 2.58. The number of aryl methyl sites for hydroxylation is 1. The van der Waals surface area contributed by atoms with Crippen molar-refractivity contribution in [3.8, 4) is 11.5 Å². The van der Waals surface area contributed by atoms with Crippen molar-refractivity contribution in [3.63, 3.8) is 0 Å². The second kappa shape index (κ2) is 4.88. The lowest BCUT2D eigenvalue weighted by atomic mass is 9.83. The van der Waals surface area contributed by atoms with Gasteiger partial charge in [-0.1, -0.05) is 0 Å². The Morgan fingerprint density at radius 1 is 1.39 bits per heavy atom. The Kier molecular flexibility index (Phi) is 3.89. The first-order valence-corrected chi connectivity index (χ1v) is 5.80. The topological polar surface area (TPSA) is 66.8 Å². The van der Waals surface area contributed by atoms with Crippen LogP contribution >= 0.6 is 0 Å². The predicted molar refractivity (Wildman–Crippen MR) is 69.3 cm³/mol. The number of ether oxygens (including phenoxy) is 1. The molecule has 0 radical (unpaired) electrons. The van der Waals surface area contributed by atoms with Crippen LogP contribution in [0.4, 0.5) is 0 Å². The zero-order valence-corrected chi connectivity index (χ0v) is 11.5. The largest absolute Gasteiger partial charge is 0.507 e. The number of benzene rings is 1. The quantitative estimate of drug-likeness (QED) is 0.864. The number of rotatable bonds is 4. The SMILES string of the molecule is COc1cc(C)c(CC(C)(C)C(=O)O)c(O)c1C. The average molecular weight is 252 g/mol. The van der Waals surface area contributed by atoms with Gasteiger partial charge in [0.15, 0.2) is 0 Å². The Hall–Kier alpha value is -1.71. The summed E-state index contributed by atoms with van der Waals surface area (Å²) in [6.45, 7) is 6.89. The van der Waals surface area contributed by atoms with Gasteiger partial charge in [-0.15, -0.1) is 0 Å². The highest BCUT2D eigenvalue weighted by molar-refractivity contribution is 5.74. The van der Waals surface area contributed by atoms with Gasteiger partial charge in [-0.05, 0) is 51.3 Å². The maximum atomic E-state index is 11.1. The van der Waals surface area contributed by atoms with Crippen molar-refractivity contribution in [2.45, 2.75) is 34.1 Å². The molecule has 2 N–H and O–H groups in total. The van der Waals surface area contributed by atoms with E-state index >= 15 is 0 Å². The second-order valence-electron chi connectivity index (χ2n) is 5.21. The van der Waals surface area contributed by atoms with Crippen LogP contribution in [0.5, 0.6) is 11.5 Å². The molecule has 4 nitrogen and oxygen atoms in total. The summed E-state index contributed by atoms with van der Waals surface area (Å²) < 4.78 is 5.16. The third-order valence-electron chi connectivity index (χ3n) is 3.25. The number of phenols is 1. The Bertz CT molecular complexity index is 475. The molecule has 18 heavy (non-hydrogen) atoms. The summed E-state index contributed by atoms with van der Waals surface area (Å²) >= 11 is 0. The van der Waals surface area contributed by atoms with Gasteiger partial charge in [0, 0.05) is 5.56 Å². The number of carboxylic acid groups (broad SMARTS) is 1. The van der Waals surface area contributed by atoms with Crippen molar-refractivity contribution in [3.05, 3.63) is 22.8 Å². The van der Waals surface area contributed by atoms with E-state index in [1.54, 1.807) is 27.9 Å². The summed E-state index contributed by atoms with van der Waals surface area (Å²) in [6.07, 6.45) is 0.283. The van der Waals surface area contributed by atoms with Gasteiger partial charge in [-0.25, -0.2) is 0 Å². The molecule has 0 bridgehead atoms. The summed E-state index contributed by atoms with van der Waals surface area (Å²) in [5.74, 6) is -0.141. The molecule has 0 aliphatic rings. The number of hydrogen-bond acceptors (Lipinski definition) is 3. The van der Waals surface area contributed by atoms with Crippen molar-refractivity contribution in [2.75, 3.05) is 7.11 Å². The smallest absolute Gasteiger partial charge is 0.309 e. The van der Waals surface area contributed by atoms with Crippen LogP contribution in [0, 0.1) is 19.3 Å². The minimum Gasteiger partial charge on any atom is -0.507 e. The predicted octanol–water partition coefficient (Wildman–Crippen LogP) is 2.67.